The smallest absolute Gasteiger partial charge is 0.339 e. The first-order chi connectivity index (χ1) is 11.1. The van der Waals surface area contributed by atoms with Gasteiger partial charge in [-0.05, 0) is 25.0 Å². The molecule has 1 fully saturated rings. The highest BCUT2D eigenvalue weighted by atomic mass is 16.7. The summed E-state index contributed by atoms with van der Waals surface area (Å²) >= 11 is 0. The number of ketones is 1. The molecule has 23 heavy (non-hydrogen) atoms. The fraction of sp³-hybridized carbons (Fsp3) is 0.368. The maximum atomic E-state index is 13.1. The molecule has 4 nitrogen and oxygen atoms in total. The fourth-order valence-electron chi connectivity index (χ4n) is 3.71. The molecule has 1 saturated heterocycles. The molecule has 4 rings (SSSR count). The number of hydrogen-bond donors (Lipinski definition) is 0. The summed E-state index contributed by atoms with van der Waals surface area (Å²) in [6, 6.07) is 7.73. The Bertz CT molecular complexity index is 745. The van der Waals surface area contributed by atoms with Crippen molar-refractivity contribution in [2.24, 2.45) is 5.92 Å². The van der Waals surface area contributed by atoms with Crippen LogP contribution in [-0.4, -0.2) is 24.0 Å². The standard InChI is InChI=1S/C19H18O4/c1-11(2)22-18(21)17-19(23-17)15-10-6-5-8-13(15)12-7-3-4-9-14(12)16(19)20/h3-12,14,17H,1-2H3/t12?,14?,17-,19-/m1/s1. The molecule has 0 saturated carbocycles. The van der Waals surface area contributed by atoms with E-state index in [2.05, 4.69) is 0 Å². The maximum absolute atomic E-state index is 13.1. The number of rotatable bonds is 2. The summed E-state index contributed by atoms with van der Waals surface area (Å²) < 4.78 is 11.0. The molecule has 0 radical (unpaired) electrons. The Morgan fingerprint density at radius 1 is 1.17 bits per heavy atom. The van der Waals surface area contributed by atoms with Crippen LogP contribution in [0.15, 0.2) is 48.6 Å². The Morgan fingerprint density at radius 3 is 2.61 bits per heavy atom. The summed E-state index contributed by atoms with van der Waals surface area (Å²) in [4.78, 5) is 25.4. The van der Waals surface area contributed by atoms with Crippen LogP contribution in [0.25, 0.3) is 0 Å². The molecule has 0 aromatic heterocycles. The minimum Gasteiger partial charge on any atom is -0.461 e. The Morgan fingerprint density at radius 2 is 1.87 bits per heavy atom. The topological polar surface area (TPSA) is 55.9 Å². The average molecular weight is 310 g/mol. The highest BCUT2D eigenvalue weighted by Gasteiger charge is 2.71. The van der Waals surface area contributed by atoms with Gasteiger partial charge in [0.1, 0.15) is 0 Å². The fourth-order valence-corrected chi connectivity index (χ4v) is 3.71. The number of epoxide rings is 1. The molecule has 4 heteroatoms. The van der Waals surface area contributed by atoms with Gasteiger partial charge in [-0.1, -0.05) is 48.6 Å². The molecule has 4 atom stereocenters. The molecule has 1 aromatic carbocycles. The highest BCUT2D eigenvalue weighted by Crippen LogP contribution is 2.57. The Balaban J connectivity index is 1.79. The summed E-state index contributed by atoms with van der Waals surface area (Å²) in [6.07, 6.45) is 6.71. The Labute approximate surface area is 134 Å². The average Bonchev–Trinajstić information content (AvgIpc) is 3.29. The highest BCUT2D eigenvalue weighted by molar-refractivity contribution is 6.03. The lowest BCUT2D eigenvalue weighted by Crippen LogP contribution is -2.41. The van der Waals surface area contributed by atoms with Crippen molar-refractivity contribution in [2.45, 2.75) is 37.6 Å². The first kappa shape index (κ1) is 14.4. The number of allylic oxidation sites excluding steroid dienone is 4. The van der Waals surface area contributed by atoms with Crippen molar-refractivity contribution in [3.63, 3.8) is 0 Å². The zero-order valence-electron chi connectivity index (χ0n) is 13.1. The third-order valence-corrected chi connectivity index (χ3v) is 4.71. The Kier molecular flexibility index (Phi) is 3.07. The normalized spacial score (nSPS) is 33.5. The van der Waals surface area contributed by atoms with Gasteiger partial charge in [-0.2, -0.15) is 0 Å². The van der Waals surface area contributed by atoms with Crippen molar-refractivity contribution in [3.05, 3.63) is 59.7 Å². The minimum atomic E-state index is -1.17. The Hall–Kier alpha value is -2.20. The van der Waals surface area contributed by atoms with Crippen LogP contribution >= 0.6 is 0 Å². The second-order valence-electron chi connectivity index (χ2n) is 6.49. The summed E-state index contributed by atoms with van der Waals surface area (Å²) in [5.41, 5.74) is 0.689. The van der Waals surface area contributed by atoms with E-state index < -0.39 is 17.7 Å². The number of fused-ring (bicyclic) bond motifs is 4. The van der Waals surface area contributed by atoms with E-state index in [9.17, 15) is 9.59 Å². The number of ether oxygens (including phenoxy) is 2. The molecule has 1 aromatic rings. The third kappa shape index (κ3) is 1.94. The van der Waals surface area contributed by atoms with Crippen LogP contribution in [0.5, 0.6) is 0 Å². The maximum Gasteiger partial charge on any atom is 0.339 e. The van der Waals surface area contributed by atoms with Gasteiger partial charge in [-0.3, -0.25) is 4.79 Å². The molecule has 1 heterocycles. The van der Waals surface area contributed by atoms with Crippen LogP contribution in [-0.2, 0) is 24.7 Å². The molecule has 1 spiro atoms. The number of carbonyl (C=O) groups excluding carboxylic acids is 2. The van der Waals surface area contributed by atoms with Gasteiger partial charge in [0, 0.05) is 11.8 Å². The summed E-state index contributed by atoms with van der Waals surface area (Å²) in [7, 11) is 0. The predicted octanol–water partition coefficient (Wildman–Crippen LogP) is 2.64. The SMILES string of the molecule is CC(C)OC(=O)[C@H]1O[C@]12C(=O)C1C=CC=CC1c1ccccc12. The number of benzene rings is 1. The molecule has 118 valence electrons. The molecule has 1 aliphatic heterocycles. The predicted molar refractivity (Wildman–Crippen MR) is 83.7 cm³/mol. The van der Waals surface area contributed by atoms with Gasteiger partial charge in [0.05, 0.1) is 6.10 Å². The largest absolute Gasteiger partial charge is 0.461 e. The van der Waals surface area contributed by atoms with E-state index in [0.717, 1.165) is 11.1 Å². The van der Waals surface area contributed by atoms with Crippen LogP contribution in [0.3, 0.4) is 0 Å². The second-order valence-corrected chi connectivity index (χ2v) is 6.49. The molecule has 0 bridgehead atoms. The third-order valence-electron chi connectivity index (χ3n) is 4.71. The van der Waals surface area contributed by atoms with Crippen molar-refractivity contribution < 1.29 is 19.1 Å². The van der Waals surface area contributed by atoms with Crippen LogP contribution in [0.2, 0.25) is 0 Å². The lowest BCUT2D eigenvalue weighted by atomic mass is 9.67. The van der Waals surface area contributed by atoms with Gasteiger partial charge in [0.2, 0.25) is 0 Å². The van der Waals surface area contributed by atoms with Gasteiger partial charge < -0.3 is 9.47 Å². The van der Waals surface area contributed by atoms with E-state index in [1.807, 2.05) is 48.6 Å². The summed E-state index contributed by atoms with van der Waals surface area (Å²) in [6.45, 7) is 3.57. The molecular weight excluding hydrogens is 292 g/mol. The van der Waals surface area contributed by atoms with Crippen molar-refractivity contribution in [2.75, 3.05) is 0 Å². The van der Waals surface area contributed by atoms with Gasteiger partial charge >= 0.3 is 5.97 Å². The lowest BCUT2D eigenvalue weighted by Gasteiger charge is -2.34. The van der Waals surface area contributed by atoms with Crippen molar-refractivity contribution in [3.8, 4) is 0 Å². The zero-order chi connectivity index (χ0) is 16.2. The molecule has 2 unspecified atom stereocenters. The number of Topliss-reactive ketones (excluding diaryl/α,β-unsaturated/α-hetero) is 1. The van der Waals surface area contributed by atoms with Gasteiger partial charge in [-0.15, -0.1) is 0 Å². The van der Waals surface area contributed by atoms with Crippen LogP contribution < -0.4 is 0 Å². The second kappa shape index (κ2) is 4.90. The zero-order valence-corrected chi connectivity index (χ0v) is 13.1. The summed E-state index contributed by atoms with van der Waals surface area (Å²) in [5, 5.41) is 0. The minimum absolute atomic E-state index is 0.0142. The monoisotopic (exact) mass is 310 g/mol. The molecule has 3 aliphatic rings. The van der Waals surface area contributed by atoms with Crippen molar-refractivity contribution in [1.82, 2.24) is 0 Å². The van der Waals surface area contributed by atoms with Crippen molar-refractivity contribution in [1.29, 1.82) is 0 Å². The van der Waals surface area contributed by atoms with Gasteiger partial charge in [-0.25, -0.2) is 4.79 Å². The van der Waals surface area contributed by atoms with Crippen LogP contribution in [0.1, 0.15) is 30.9 Å². The number of carbonyl (C=O) groups is 2. The van der Waals surface area contributed by atoms with E-state index in [-0.39, 0.29) is 23.7 Å². The number of esters is 1. The van der Waals surface area contributed by atoms with E-state index >= 15 is 0 Å². The van der Waals surface area contributed by atoms with E-state index in [0.29, 0.717) is 0 Å². The van der Waals surface area contributed by atoms with Crippen LogP contribution in [0.4, 0.5) is 0 Å². The first-order valence-corrected chi connectivity index (χ1v) is 7.92. The molecule has 0 amide bonds. The van der Waals surface area contributed by atoms with E-state index in [4.69, 9.17) is 9.47 Å². The molecule has 2 aliphatic carbocycles. The van der Waals surface area contributed by atoms with Crippen molar-refractivity contribution >= 4 is 11.8 Å². The lowest BCUT2D eigenvalue weighted by molar-refractivity contribution is -0.149. The van der Waals surface area contributed by atoms with E-state index in [1.165, 1.54) is 0 Å². The molecular formula is C19H18O4. The summed E-state index contributed by atoms with van der Waals surface area (Å²) in [5.74, 6) is -0.781. The van der Waals surface area contributed by atoms with Gasteiger partial charge in [0.15, 0.2) is 17.5 Å². The van der Waals surface area contributed by atoms with Crippen LogP contribution in [0, 0.1) is 5.92 Å². The quantitative estimate of drug-likeness (QED) is 0.622. The number of hydrogen-bond acceptors (Lipinski definition) is 4. The first-order valence-electron chi connectivity index (χ1n) is 7.92. The molecule has 0 N–H and O–H groups in total. The van der Waals surface area contributed by atoms with Gasteiger partial charge in [0.25, 0.3) is 0 Å². The van der Waals surface area contributed by atoms with E-state index in [1.54, 1.807) is 13.8 Å².